The molecule has 0 spiro atoms. The van der Waals surface area contributed by atoms with Crippen molar-refractivity contribution < 1.29 is 4.79 Å². The van der Waals surface area contributed by atoms with E-state index in [1.807, 2.05) is 25.1 Å². The Bertz CT molecular complexity index is 419. The van der Waals surface area contributed by atoms with Gasteiger partial charge in [-0.15, -0.1) is 0 Å². The summed E-state index contributed by atoms with van der Waals surface area (Å²) in [6, 6.07) is 6.05. The highest BCUT2D eigenvalue weighted by atomic mass is 16.1. The highest BCUT2D eigenvalue weighted by Gasteiger charge is 2.09. The molecule has 0 saturated heterocycles. The summed E-state index contributed by atoms with van der Waals surface area (Å²) in [6.45, 7) is 11.1. The first-order valence-corrected chi connectivity index (χ1v) is 6.40. The minimum absolute atomic E-state index is 0.0371. The summed E-state index contributed by atoms with van der Waals surface area (Å²) in [5.74, 6) is -0.0371. The first-order valence-electron chi connectivity index (χ1n) is 6.40. The molecule has 0 bridgehead atoms. The van der Waals surface area contributed by atoms with Crippen LogP contribution in [-0.4, -0.2) is 12.5 Å². The van der Waals surface area contributed by atoms with Gasteiger partial charge in [0, 0.05) is 24.8 Å². The van der Waals surface area contributed by atoms with Gasteiger partial charge in [0.05, 0.1) is 0 Å². The highest BCUT2D eigenvalue weighted by Crippen LogP contribution is 2.22. The molecule has 18 heavy (non-hydrogen) atoms. The fourth-order valence-corrected chi connectivity index (χ4v) is 1.64. The van der Waals surface area contributed by atoms with Crippen LogP contribution in [0.2, 0.25) is 0 Å². The monoisotopic (exact) mass is 248 g/mol. The molecule has 2 N–H and O–H groups in total. The van der Waals surface area contributed by atoms with Gasteiger partial charge < -0.3 is 10.6 Å². The molecule has 0 heterocycles. The van der Waals surface area contributed by atoms with Gasteiger partial charge >= 0.3 is 0 Å². The Morgan fingerprint density at radius 2 is 1.94 bits per heavy atom. The second-order valence-corrected chi connectivity index (χ2v) is 5.95. The summed E-state index contributed by atoms with van der Waals surface area (Å²) in [5, 5.41) is 6.23. The lowest BCUT2D eigenvalue weighted by Crippen LogP contribution is -2.13. The summed E-state index contributed by atoms with van der Waals surface area (Å²) in [5.41, 5.74) is 3.33. The van der Waals surface area contributed by atoms with E-state index in [1.54, 1.807) is 0 Å². The van der Waals surface area contributed by atoms with Crippen molar-refractivity contribution in [2.24, 2.45) is 5.41 Å². The molecule has 3 heteroatoms. The fraction of sp³-hybridized carbons (Fsp3) is 0.533. The number of aryl methyl sites for hydroxylation is 1. The van der Waals surface area contributed by atoms with Gasteiger partial charge in [-0.1, -0.05) is 26.8 Å². The zero-order valence-electron chi connectivity index (χ0n) is 12.1. The van der Waals surface area contributed by atoms with Crippen LogP contribution in [0.15, 0.2) is 18.2 Å². The van der Waals surface area contributed by atoms with E-state index in [4.69, 9.17) is 0 Å². The molecule has 1 aromatic carbocycles. The molecule has 1 rings (SSSR count). The molecule has 0 aliphatic rings. The summed E-state index contributed by atoms with van der Waals surface area (Å²) in [7, 11) is 0. The van der Waals surface area contributed by atoms with Crippen LogP contribution in [0.4, 0.5) is 11.4 Å². The molecule has 1 amide bonds. The molecule has 100 valence electrons. The third-order valence-corrected chi connectivity index (χ3v) is 2.75. The van der Waals surface area contributed by atoms with Gasteiger partial charge in [0.1, 0.15) is 0 Å². The van der Waals surface area contributed by atoms with Crippen LogP contribution in [0, 0.1) is 12.3 Å². The fourth-order valence-electron chi connectivity index (χ4n) is 1.64. The minimum Gasteiger partial charge on any atom is -0.385 e. The normalized spacial score (nSPS) is 11.2. The third kappa shape index (κ3) is 5.21. The summed E-state index contributed by atoms with van der Waals surface area (Å²) in [4.78, 5) is 11.1. The van der Waals surface area contributed by atoms with Gasteiger partial charge in [0.25, 0.3) is 0 Å². The van der Waals surface area contributed by atoms with E-state index in [9.17, 15) is 4.79 Å². The first kappa shape index (κ1) is 14.6. The van der Waals surface area contributed by atoms with Crippen molar-refractivity contribution in [3.05, 3.63) is 23.8 Å². The van der Waals surface area contributed by atoms with E-state index in [1.165, 1.54) is 6.92 Å². The minimum atomic E-state index is -0.0371. The molecular formula is C15H24N2O. The number of nitrogens with one attached hydrogen (secondary N) is 2. The van der Waals surface area contributed by atoms with Crippen LogP contribution in [0.5, 0.6) is 0 Å². The number of carbonyl (C=O) groups is 1. The van der Waals surface area contributed by atoms with Crippen LogP contribution in [-0.2, 0) is 4.79 Å². The maximum Gasteiger partial charge on any atom is 0.221 e. The van der Waals surface area contributed by atoms with Crippen LogP contribution in [0.25, 0.3) is 0 Å². The molecule has 0 fully saturated rings. The molecule has 0 radical (unpaired) electrons. The van der Waals surface area contributed by atoms with Gasteiger partial charge in [-0.3, -0.25) is 4.79 Å². The Labute approximate surface area is 110 Å². The smallest absolute Gasteiger partial charge is 0.221 e. The molecule has 0 aliphatic carbocycles. The summed E-state index contributed by atoms with van der Waals surface area (Å²) < 4.78 is 0. The quantitative estimate of drug-likeness (QED) is 0.851. The summed E-state index contributed by atoms with van der Waals surface area (Å²) >= 11 is 0. The average molecular weight is 248 g/mol. The lowest BCUT2D eigenvalue weighted by molar-refractivity contribution is -0.114. The van der Waals surface area contributed by atoms with Crippen LogP contribution >= 0.6 is 0 Å². The predicted octanol–water partition coefficient (Wildman–Crippen LogP) is 3.80. The van der Waals surface area contributed by atoms with E-state index in [-0.39, 0.29) is 5.91 Å². The lowest BCUT2D eigenvalue weighted by atomic mass is 9.92. The lowest BCUT2D eigenvalue weighted by Gasteiger charge is -2.19. The highest BCUT2D eigenvalue weighted by molar-refractivity contribution is 5.90. The van der Waals surface area contributed by atoms with Gasteiger partial charge in [0.15, 0.2) is 0 Å². The Balaban J connectivity index is 2.64. The van der Waals surface area contributed by atoms with Gasteiger partial charge in [0.2, 0.25) is 5.91 Å². The second-order valence-electron chi connectivity index (χ2n) is 5.95. The number of carbonyl (C=O) groups excluding carboxylic acids is 1. The Hall–Kier alpha value is -1.51. The number of hydrogen-bond acceptors (Lipinski definition) is 2. The molecule has 0 atom stereocenters. The third-order valence-electron chi connectivity index (χ3n) is 2.75. The van der Waals surface area contributed by atoms with E-state index < -0.39 is 0 Å². The number of amides is 1. The zero-order chi connectivity index (χ0) is 13.8. The first-order chi connectivity index (χ1) is 8.28. The molecule has 3 nitrogen and oxygen atoms in total. The van der Waals surface area contributed by atoms with Crippen molar-refractivity contribution in [2.45, 2.75) is 41.0 Å². The molecule has 0 aliphatic heterocycles. The Kier molecular flexibility index (Phi) is 4.76. The predicted molar refractivity (Wildman–Crippen MR) is 78.0 cm³/mol. The van der Waals surface area contributed by atoms with E-state index in [2.05, 4.69) is 31.4 Å². The largest absolute Gasteiger partial charge is 0.385 e. The topological polar surface area (TPSA) is 41.1 Å². The van der Waals surface area contributed by atoms with E-state index >= 15 is 0 Å². The van der Waals surface area contributed by atoms with Crippen LogP contribution in [0.3, 0.4) is 0 Å². The van der Waals surface area contributed by atoms with Crippen molar-refractivity contribution in [1.82, 2.24) is 0 Å². The van der Waals surface area contributed by atoms with Crippen molar-refractivity contribution in [3.8, 4) is 0 Å². The maximum absolute atomic E-state index is 11.1. The van der Waals surface area contributed by atoms with Crippen molar-refractivity contribution in [3.63, 3.8) is 0 Å². The average Bonchev–Trinajstić information content (AvgIpc) is 2.20. The Morgan fingerprint density at radius 3 is 2.50 bits per heavy atom. The van der Waals surface area contributed by atoms with E-state index in [0.29, 0.717) is 5.41 Å². The van der Waals surface area contributed by atoms with Crippen molar-refractivity contribution in [2.75, 3.05) is 17.2 Å². The molecule has 0 aromatic heterocycles. The number of rotatable bonds is 4. The number of benzene rings is 1. The molecule has 1 aromatic rings. The molecular weight excluding hydrogens is 224 g/mol. The van der Waals surface area contributed by atoms with Crippen LogP contribution < -0.4 is 10.6 Å². The van der Waals surface area contributed by atoms with Gasteiger partial charge in [-0.05, 0) is 36.5 Å². The van der Waals surface area contributed by atoms with E-state index in [0.717, 1.165) is 29.9 Å². The van der Waals surface area contributed by atoms with Crippen molar-refractivity contribution in [1.29, 1.82) is 0 Å². The SMILES string of the molecule is CC(=O)Nc1cc(NCCC(C)(C)C)ccc1C. The number of anilines is 2. The van der Waals surface area contributed by atoms with Crippen molar-refractivity contribution >= 4 is 17.3 Å². The van der Waals surface area contributed by atoms with Gasteiger partial charge in [-0.25, -0.2) is 0 Å². The van der Waals surface area contributed by atoms with Crippen LogP contribution in [0.1, 0.15) is 39.7 Å². The second kappa shape index (κ2) is 5.89. The number of hydrogen-bond donors (Lipinski definition) is 2. The Morgan fingerprint density at radius 1 is 1.28 bits per heavy atom. The zero-order valence-corrected chi connectivity index (χ0v) is 12.1. The molecule has 0 unspecified atom stereocenters. The summed E-state index contributed by atoms with van der Waals surface area (Å²) in [6.07, 6.45) is 1.11. The molecule has 0 saturated carbocycles. The standard InChI is InChI=1S/C15H24N2O/c1-11-6-7-13(10-14(11)17-12(2)18)16-9-8-15(3,4)5/h6-7,10,16H,8-9H2,1-5H3,(H,17,18). The maximum atomic E-state index is 11.1. The van der Waals surface area contributed by atoms with Gasteiger partial charge in [-0.2, -0.15) is 0 Å².